The average molecular weight is 1130 g/mol. The quantitative estimate of drug-likeness (QED) is 0.127. The molecule has 2 nitrogen and oxygen atoms in total. The van der Waals surface area contributed by atoms with Crippen LogP contribution in [-0.4, -0.2) is 0 Å². The van der Waals surface area contributed by atoms with E-state index in [4.69, 9.17) is 9.05 Å². The third kappa shape index (κ3) is 12.7. The summed E-state index contributed by atoms with van der Waals surface area (Å²) in [5.41, 5.74) is 15.8. The van der Waals surface area contributed by atoms with Crippen LogP contribution in [0.2, 0.25) is 0 Å². The minimum atomic E-state index is -0.686. The van der Waals surface area contributed by atoms with E-state index in [9.17, 15) is 0 Å². The van der Waals surface area contributed by atoms with Gasteiger partial charge in [-0.3, -0.25) is 0 Å². The fourth-order valence-electron chi connectivity index (χ4n) is 13.1. The zero-order chi connectivity index (χ0) is 61.3. The van der Waals surface area contributed by atoms with Crippen molar-refractivity contribution in [1.29, 1.82) is 0 Å². The molecular formula is C80H103O2P. The molecule has 0 N–H and O–H groups in total. The molecule has 6 aromatic rings. The van der Waals surface area contributed by atoms with Gasteiger partial charge in [0.05, 0.1) is 22.7 Å². The average Bonchev–Trinajstić information content (AvgIpc) is 0.847. The van der Waals surface area contributed by atoms with Crippen LogP contribution in [0, 0.1) is 0 Å². The minimum Gasteiger partial charge on any atom is -0.444 e. The maximum absolute atomic E-state index is 7.63. The summed E-state index contributed by atoms with van der Waals surface area (Å²) in [5.74, 6) is 1.23. The maximum Gasteiger partial charge on any atom is 0.274 e. The van der Waals surface area contributed by atoms with Gasteiger partial charge < -0.3 is 9.05 Å². The Balaban J connectivity index is 1.39. The molecule has 0 bridgehead atoms. The molecule has 0 spiro atoms. The van der Waals surface area contributed by atoms with E-state index < -0.39 is 10.8 Å². The van der Waals surface area contributed by atoms with E-state index >= 15 is 0 Å². The Kier molecular flexibility index (Phi) is 17.0. The van der Waals surface area contributed by atoms with Crippen LogP contribution in [-0.2, 0) is 63.2 Å². The lowest BCUT2D eigenvalue weighted by molar-refractivity contribution is 0.301. The lowest BCUT2D eigenvalue weighted by Crippen LogP contribution is -2.40. The Morgan fingerprint density at radius 2 is 0.590 bits per heavy atom. The summed E-state index contributed by atoms with van der Waals surface area (Å²) in [6.45, 7) is 56.5. The van der Waals surface area contributed by atoms with Gasteiger partial charge in [-0.25, -0.2) is 0 Å². The fourth-order valence-corrected chi connectivity index (χ4v) is 13.7. The van der Waals surface area contributed by atoms with Gasteiger partial charge in [0.2, 0.25) is 0 Å². The molecule has 0 radical (unpaired) electrons. The lowest BCUT2D eigenvalue weighted by atomic mass is 9.57. The molecular weight excluding hydrogens is 1020 g/mol. The molecule has 440 valence electrons. The van der Waals surface area contributed by atoms with E-state index in [0.29, 0.717) is 0 Å². The smallest absolute Gasteiger partial charge is 0.274 e. The predicted octanol–water partition coefficient (Wildman–Crippen LogP) is 22.4. The van der Waals surface area contributed by atoms with Crippen LogP contribution >= 0.6 is 9.03 Å². The van der Waals surface area contributed by atoms with E-state index in [1.807, 2.05) is 0 Å². The van der Waals surface area contributed by atoms with E-state index in [-0.39, 0.29) is 64.2 Å². The van der Waals surface area contributed by atoms with Crippen molar-refractivity contribution in [3.63, 3.8) is 0 Å². The topological polar surface area (TPSA) is 18.5 Å². The van der Waals surface area contributed by atoms with Crippen LogP contribution in [0.25, 0.3) is 0 Å². The monoisotopic (exact) mass is 1130 g/mol. The summed E-state index contributed by atoms with van der Waals surface area (Å²) in [4.78, 5) is 0. The van der Waals surface area contributed by atoms with Crippen LogP contribution in [0.5, 0.6) is 0 Å². The minimum absolute atomic E-state index is 0.0412. The van der Waals surface area contributed by atoms with E-state index in [1.54, 1.807) is 0 Å². The maximum atomic E-state index is 7.63. The Morgan fingerprint density at radius 3 is 0.867 bits per heavy atom. The largest absolute Gasteiger partial charge is 0.444 e. The SMILES string of the molecule is CC(C)(C)c1ccc(C2C(OPOC3=CC=CC(c4ccccc4)(c4ccc(C(C)(C)C)cc4C(C)(C)C)C3c3ccc(C(C)(C)C)cc3C(C)(C)C)=CC=CC2(c2ccccc2)c2ccc(C(C)(C)C)cc2C(C)(C)C)c(C(C)(C)C)c1. The third-order valence-corrected chi connectivity index (χ3v) is 18.5. The van der Waals surface area contributed by atoms with Crippen molar-refractivity contribution < 1.29 is 9.05 Å². The molecule has 8 rings (SSSR count). The van der Waals surface area contributed by atoms with Gasteiger partial charge in [0, 0.05) is 0 Å². The number of hydrogen-bond acceptors (Lipinski definition) is 2. The first-order chi connectivity index (χ1) is 38.2. The second-order valence-corrected chi connectivity index (χ2v) is 33.2. The number of hydrogen-bond donors (Lipinski definition) is 0. The van der Waals surface area contributed by atoms with Crippen LogP contribution in [0.4, 0.5) is 0 Å². The molecule has 6 aromatic carbocycles. The van der Waals surface area contributed by atoms with Crippen LogP contribution in [0.15, 0.2) is 181 Å². The molecule has 0 heterocycles. The van der Waals surface area contributed by atoms with Gasteiger partial charge in [0.25, 0.3) is 9.03 Å². The Bertz CT molecular complexity index is 3200. The summed E-state index contributed by atoms with van der Waals surface area (Å²) in [7, 11) is -0.368. The van der Waals surface area contributed by atoms with Gasteiger partial charge >= 0.3 is 0 Å². The second-order valence-electron chi connectivity index (χ2n) is 32.6. The highest BCUT2D eigenvalue weighted by Crippen LogP contribution is 2.60. The molecule has 83 heavy (non-hydrogen) atoms. The highest BCUT2D eigenvalue weighted by Gasteiger charge is 2.51. The van der Waals surface area contributed by atoms with Crippen molar-refractivity contribution in [1.82, 2.24) is 0 Å². The zero-order valence-corrected chi connectivity index (χ0v) is 56.6. The molecule has 0 aromatic heterocycles. The van der Waals surface area contributed by atoms with Gasteiger partial charge in [0.1, 0.15) is 11.5 Å². The van der Waals surface area contributed by atoms with Crippen molar-refractivity contribution >= 4 is 9.03 Å². The molecule has 0 fully saturated rings. The van der Waals surface area contributed by atoms with Gasteiger partial charge in [0.15, 0.2) is 0 Å². The number of allylic oxidation sites excluding steroid dienone is 8. The highest BCUT2D eigenvalue weighted by atomic mass is 31.1. The Hall–Kier alpha value is -5.69. The van der Waals surface area contributed by atoms with Crippen molar-refractivity contribution in [2.45, 2.75) is 232 Å². The Morgan fingerprint density at radius 1 is 0.313 bits per heavy atom. The lowest BCUT2D eigenvalue weighted by Gasteiger charge is -2.47. The first-order valence-electron chi connectivity index (χ1n) is 30.8. The summed E-state index contributed by atoms with van der Waals surface area (Å²) in [6, 6.07) is 51.9. The number of rotatable bonds is 10. The van der Waals surface area contributed by atoms with Crippen molar-refractivity contribution in [2.24, 2.45) is 0 Å². The highest BCUT2D eigenvalue weighted by molar-refractivity contribution is 7.26. The molecule has 0 saturated heterocycles. The van der Waals surface area contributed by atoms with Crippen molar-refractivity contribution in [3.8, 4) is 0 Å². The van der Waals surface area contributed by atoms with Crippen LogP contribution in [0.1, 0.15) is 256 Å². The summed E-state index contributed by atoms with van der Waals surface area (Å²) < 4.78 is 15.3. The van der Waals surface area contributed by atoms with Crippen molar-refractivity contribution in [3.05, 3.63) is 259 Å². The zero-order valence-electron chi connectivity index (χ0n) is 55.6. The first kappa shape index (κ1) is 63.3. The molecule has 0 amide bonds. The van der Waals surface area contributed by atoms with Crippen LogP contribution < -0.4 is 0 Å². The third-order valence-electron chi connectivity index (χ3n) is 17.9. The fraction of sp³-hybridized carbons (Fsp3) is 0.450. The van der Waals surface area contributed by atoms with Gasteiger partial charge in [-0.2, -0.15) is 0 Å². The van der Waals surface area contributed by atoms with Crippen molar-refractivity contribution in [2.75, 3.05) is 0 Å². The molecule has 0 saturated carbocycles. The standard InChI is InChI=1S/C80H103O2P/c1-71(2,3)55-39-43-59(63(49-55)75(13,14)15)69-67(37-31-47-79(69,53-33-27-25-28-34-53)61-45-41-57(73(7,8)9)51-65(61)77(19,20)21)81-83-82-68-38-32-48-80(54-35-29-26-30-36-54,62-46-42-58(74(10,11)12)52-66(62)78(22,23)24)70(68)60-44-40-56(72(4,5)6)50-64(60)76(16,17)18/h25-52,69-70,83H,1-24H3. The molecule has 3 heteroatoms. The van der Waals surface area contributed by atoms with Gasteiger partial charge in [-0.15, -0.1) is 0 Å². The summed E-state index contributed by atoms with van der Waals surface area (Å²) >= 11 is 0. The van der Waals surface area contributed by atoms with E-state index in [0.717, 1.165) is 11.5 Å². The Labute approximate surface area is 506 Å². The van der Waals surface area contributed by atoms with Crippen LogP contribution in [0.3, 0.4) is 0 Å². The van der Waals surface area contributed by atoms with E-state index in [1.165, 1.54) is 77.9 Å². The summed E-state index contributed by atoms with van der Waals surface area (Å²) in [5, 5.41) is 0. The number of benzene rings is 6. The molecule has 4 atom stereocenters. The molecule has 2 aliphatic carbocycles. The molecule has 0 aliphatic heterocycles. The summed E-state index contributed by atoms with van der Waals surface area (Å²) in [6.07, 6.45) is 14.0. The van der Waals surface area contributed by atoms with E-state index in [2.05, 4.69) is 336 Å². The first-order valence-corrected chi connectivity index (χ1v) is 31.6. The second kappa shape index (κ2) is 22.3. The van der Waals surface area contributed by atoms with Gasteiger partial charge in [-0.05, 0) is 133 Å². The normalized spacial score (nSPS) is 20.4. The molecule has 4 unspecified atom stereocenters. The molecule has 2 aliphatic rings. The predicted molar refractivity (Wildman–Crippen MR) is 360 cm³/mol. The van der Waals surface area contributed by atoms with Gasteiger partial charge in [-0.1, -0.05) is 324 Å².